The first-order chi connectivity index (χ1) is 17.0. The van der Waals surface area contributed by atoms with E-state index in [4.69, 9.17) is 16.3 Å². The van der Waals surface area contributed by atoms with Crippen LogP contribution in [0.5, 0.6) is 5.75 Å². The number of methoxy groups -OCH3 is 1. The average molecular weight is 489 g/mol. The molecule has 1 aromatic heterocycles. The van der Waals surface area contributed by atoms with Crippen LogP contribution in [0.3, 0.4) is 0 Å². The Morgan fingerprint density at radius 1 is 1.06 bits per heavy atom. The number of aromatic amines is 1. The van der Waals surface area contributed by atoms with Crippen LogP contribution in [0.4, 0.5) is 0 Å². The normalized spacial score (nSPS) is 10.8. The summed E-state index contributed by atoms with van der Waals surface area (Å²) in [6.45, 7) is 0.334. The van der Waals surface area contributed by atoms with E-state index in [0.717, 1.165) is 11.1 Å². The highest BCUT2D eigenvalue weighted by atomic mass is 35.5. The number of rotatable bonds is 8. The van der Waals surface area contributed by atoms with Crippen LogP contribution in [-0.2, 0) is 11.3 Å². The second-order valence-electron chi connectivity index (χ2n) is 7.39. The number of carbonyl (C=O) groups excluding carboxylic acids is 2. The van der Waals surface area contributed by atoms with Crippen LogP contribution in [0.1, 0.15) is 32.0 Å². The Morgan fingerprint density at radius 2 is 1.86 bits per heavy atom. The molecule has 0 aliphatic carbocycles. The summed E-state index contributed by atoms with van der Waals surface area (Å²) in [7, 11) is 1.32. The molecule has 8 nitrogen and oxygen atoms in total. The lowest BCUT2D eigenvalue weighted by Gasteiger charge is -2.08. The molecule has 0 unspecified atom stereocenters. The molecule has 0 spiro atoms. The van der Waals surface area contributed by atoms with Gasteiger partial charge in [-0.15, -0.1) is 0 Å². The van der Waals surface area contributed by atoms with E-state index in [0.29, 0.717) is 34.2 Å². The van der Waals surface area contributed by atoms with Crippen LogP contribution in [0.2, 0.25) is 5.02 Å². The first kappa shape index (κ1) is 23.7. The Labute approximate surface area is 206 Å². The summed E-state index contributed by atoms with van der Waals surface area (Å²) < 4.78 is 10.5. The molecule has 0 saturated heterocycles. The van der Waals surface area contributed by atoms with Crippen molar-refractivity contribution < 1.29 is 19.1 Å². The van der Waals surface area contributed by atoms with Gasteiger partial charge in [-0.25, -0.2) is 10.2 Å². The predicted molar refractivity (Wildman–Crippen MR) is 133 cm³/mol. The predicted octanol–water partition coefficient (Wildman–Crippen LogP) is 4.86. The quantitative estimate of drug-likeness (QED) is 0.209. The van der Waals surface area contributed by atoms with Gasteiger partial charge in [-0.2, -0.15) is 10.2 Å². The van der Waals surface area contributed by atoms with Crippen molar-refractivity contribution in [2.24, 2.45) is 5.10 Å². The Bertz CT molecular complexity index is 1370. The highest BCUT2D eigenvalue weighted by Gasteiger charge is 2.11. The van der Waals surface area contributed by atoms with Gasteiger partial charge in [0.15, 0.2) is 0 Å². The molecule has 0 saturated carbocycles. The summed E-state index contributed by atoms with van der Waals surface area (Å²) in [6.07, 6.45) is 1.47. The van der Waals surface area contributed by atoms with Crippen LogP contribution < -0.4 is 10.2 Å². The fraction of sp³-hybridized carbons (Fsp3) is 0.0769. The third-order valence-electron chi connectivity index (χ3n) is 5.02. The summed E-state index contributed by atoms with van der Waals surface area (Å²) in [5, 5.41) is 11.5. The topological polar surface area (TPSA) is 106 Å². The third-order valence-corrected chi connectivity index (χ3v) is 5.38. The van der Waals surface area contributed by atoms with Crippen LogP contribution in [0, 0.1) is 0 Å². The van der Waals surface area contributed by atoms with E-state index < -0.39 is 11.9 Å². The molecule has 1 amide bonds. The summed E-state index contributed by atoms with van der Waals surface area (Å²) in [4.78, 5) is 23.9. The fourth-order valence-corrected chi connectivity index (χ4v) is 3.35. The minimum Gasteiger partial charge on any atom is -0.489 e. The molecule has 0 radical (unpaired) electrons. The van der Waals surface area contributed by atoms with E-state index in [9.17, 15) is 9.59 Å². The SMILES string of the molecule is COC(=O)c1ccc(C=NNC(=O)c2cc(-c3cccc(OCc4ccccc4Cl)c3)n[nH]2)cc1. The number of esters is 1. The molecule has 0 fully saturated rings. The lowest BCUT2D eigenvalue weighted by Crippen LogP contribution is -2.18. The molecule has 35 heavy (non-hydrogen) atoms. The number of nitrogens with one attached hydrogen (secondary N) is 2. The maximum absolute atomic E-state index is 12.4. The van der Waals surface area contributed by atoms with Crippen LogP contribution in [-0.4, -0.2) is 35.4 Å². The smallest absolute Gasteiger partial charge is 0.337 e. The molecule has 176 valence electrons. The standard InChI is InChI=1S/C26H21ClN4O4/c1-34-26(33)18-11-9-17(10-12-18)15-28-31-25(32)24-14-23(29-30-24)19-6-4-7-21(13-19)35-16-20-5-2-3-8-22(20)27/h2-15H,16H2,1H3,(H,29,30)(H,31,32). The van der Waals surface area contributed by atoms with E-state index in [1.165, 1.54) is 13.3 Å². The van der Waals surface area contributed by atoms with Crippen molar-refractivity contribution in [1.82, 2.24) is 15.6 Å². The van der Waals surface area contributed by atoms with Crippen molar-refractivity contribution in [3.05, 3.63) is 106 Å². The van der Waals surface area contributed by atoms with Crippen LogP contribution in [0.25, 0.3) is 11.3 Å². The number of nitrogens with zero attached hydrogens (tertiary/aromatic N) is 2. The summed E-state index contributed by atoms with van der Waals surface area (Å²) in [5.41, 5.74) is 6.08. The number of H-pyrrole nitrogens is 1. The Kier molecular flexibility index (Phi) is 7.54. The summed E-state index contributed by atoms with van der Waals surface area (Å²) in [6, 6.07) is 23.1. The number of amides is 1. The molecule has 0 atom stereocenters. The second-order valence-corrected chi connectivity index (χ2v) is 7.79. The zero-order chi connectivity index (χ0) is 24.6. The van der Waals surface area contributed by atoms with Crippen molar-refractivity contribution in [2.45, 2.75) is 6.61 Å². The minimum absolute atomic E-state index is 0.251. The minimum atomic E-state index is -0.447. The monoisotopic (exact) mass is 488 g/mol. The number of hydrazone groups is 1. The van der Waals surface area contributed by atoms with Gasteiger partial charge in [0.25, 0.3) is 5.91 Å². The number of halogens is 1. The summed E-state index contributed by atoms with van der Waals surface area (Å²) in [5.74, 6) is -0.217. The molecule has 4 aromatic rings. The molecular weight excluding hydrogens is 468 g/mol. The maximum atomic E-state index is 12.4. The molecule has 0 aliphatic rings. The molecule has 0 bridgehead atoms. The van der Waals surface area contributed by atoms with Gasteiger partial charge in [0, 0.05) is 16.1 Å². The molecule has 3 aromatic carbocycles. The lowest BCUT2D eigenvalue weighted by molar-refractivity contribution is 0.0600. The lowest BCUT2D eigenvalue weighted by atomic mass is 10.1. The van der Waals surface area contributed by atoms with Gasteiger partial charge in [-0.05, 0) is 42.0 Å². The number of benzene rings is 3. The van der Waals surface area contributed by atoms with E-state index in [-0.39, 0.29) is 5.69 Å². The van der Waals surface area contributed by atoms with Crippen molar-refractivity contribution in [1.29, 1.82) is 0 Å². The van der Waals surface area contributed by atoms with Crippen molar-refractivity contribution in [3.8, 4) is 17.0 Å². The van der Waals surface area contributed by atoms with Gasteiger partial charge < -0.3 is 9.47 Å². The van der Waals surface area contributed by atoms with Crippen molar-refractivity contribution in [3.63, 3.8) is 0 Å². The largest absolute Gasteiger partial charge is 0.489 e. The highest BCUT2D eigenvalue weighted by molar-refractivity contribution is 6.31. The van der Waals surface area contributed by atoms with Crippen LogP contribution >= 0.6 is 11.6 Å². The Hall–Kier alpha value is -4.43. The number of aromatic nitrogens is 2. The second kappa shape index (κ2) is 11.1. The molecule has 9 heteroatoms. The molecule has 0 aliphatic heterocycles. The van der Waals surface area contributed by atoms with Gasteiger partial charge in [-0.3, -0.25) is 9.89 Å². The van der Waals surface area contributed by atoms with E-state index >= 15 is 0 Å². The molecular formula is C26H21ClN4O4. The van der Waals surface area contributed by atoms with Crippen molar-refractivity contribution >= 4 is 29.7 Å². The number of carbonyl (C=O) groups is 2. The van der Waals surface area contributed by atoms with Gasteiger partial charge in [0.05, 0.1) is 24.6 Å². The van der Waals surface area contributed by atoms with E-state index in [2.05, 4.69) is 25.5 Å². The van der Waals surface area contributed by atoms with E-state index in [1.54, 1.807) is 30.3 Å². The maximum Gasteiger partial charge on any atom is 0.337 e. The highest BCUT2D eigenvalue weighted by Crippen LogP contribution is 2.24. The Morgan fingerprint density at radius 3 is 2.63 bits per heavy atom. The van der Waals surface area contributed by atoms with Gasteiger partial charge >= 0.3 is 5.97 Å². The number of hydrogen-bond acceptors (Lipinski definition) is 6. The summed E-state index contributed by atoms with van der Waals surface area (Å²) >= 11 is 6.19. The third kappa shape index (κ3) is 6.13. The van der Waals surface area contributed by atoms with Gasteiger partial charge in [0.1, 0.15) is 18.1 Å². The fourth-order valence-electron chi connectivity index (χ4n) is 3.16. The zero-order valence-corrected chi connectivity index (χ0v) is 19.5. The first-order valence-electron chi connectivity index (χ1n) is 10.6. The number of ether oxygens (including phenoxy) is 2. The van der Waals surface area contributed by atoms with Gasteiger partial charge in [-0.1, -0.05) is 54.1 Å². The van der Waals surface area contributed by atoms with Gasteiger partial charge in [0.2, 0.25) is 0 Å². The zero-order valence-electron chi connectivity index (χ0n) is 18.7. The van der Waals surface area contributed by atoms with Crippen molar-refractivity contribution in [2.75, 3.05) is 7.11 Å². The van der Waals surface area contributed by atoms with E-state index in [1.807, 2.05) is 48.5 Å². The molecule has 1 heterocycles. The Balaban J connectivity index is 1.36. The average Bonchev–Trinajstić information content (AvgIpc) is 3.39. The molecule has 2 N–H and O–H groups in total. The van der Waals surface area contributed by atoms with Crippen LogP contribution in [0.15, 0.2) is 84.0 Å². The number of hydrogen-bond donors (Lipinski definition) is 2. The molecule has 4 rings (SSSR count). The first-order valence-corrected chi connectivity index (χ1v) is 10.9.